The molecule has 210 valence electrons. The molecule has 2 unspecified atom stereocenters. The van der Waals surface area contributed by atoms with E-state index >= 15 is 0 Å². The first-order chi connectivity index (χ1) is 17.7. The molecule has 1 aromatic rings. The number of rotatable bonds is 7. The van der Waals surface area contributed by atoms with Crippen LogP contribution in [0.25, 0.3) is 0 Å². The Kier molecular flexibility index (Phi) is 7.34. The van der Waals surface area contributed by atoms with Gasteiger partial charge in [-0.25, -0.2) is 0 Å². The van der Waals surface area contributed by atoms with Gasteiger partial charge >= 0.3 is 0 Å². The van der Waals surface area contributed by atoms with Crippen molar-refractivity contribution in [3.63, 3.8) is 0 Å². The van der Waals surface area contributed by atoms with Crippen molar-refractivity contribution < 1.29 is 34.8 Å². The van der Waals surface area contributed by atoms with E-state index in [2.05, 4.69) is 6.92 Å². The van der Waals surface area contributed by atoms with E-state index in [0.717, 1.165) is 43.2 Å². The lowest BCUT2D eigenvalue weighted by molar-refractivity contribution is -0.265. The summed E-state index contributed by atoms with van der Waals surface area (Å²) in [5.74, 6) is -6.72. The molecule has 38 heavy (non-hydrogen) atoms. The van der Waals surface area contributed by atoms with Crippen molar-refractivity contribution in [3.8, 4) is 5.75 Å². The summed E-state index contributed by atoms with van der Waals surface area (Å²) in [6.45, 7) is 9.37. The van der Waals surface area contributed by atoms with Gasteiger partial charge in [0.25, 0.3) is 0 Å². The second-order valence-electron chi connectivity index (χ2n) is 12.9. The summed E-state index contributed by atoms with van der Waals surface area (Å²) < 4.78 is 0. The topological polar surface area (TPSA) is 158 Å². The van der Waals surface area contributed by atoms with Gasteiger partial charge in [0.2, 0.25) is 5.91 Å². The van der Waals surface area contributed by atoms with Crippen molar-refractivity contribution in [2.45, 2.75) is 97.4 Å². The number of nitrogens with two attached hydrogens (primary N) is 1. The van der Waals surface area contributed by atoms with E-state index in [1.807, 2.05) is 26.8 Å². The van der Waals surface area contributed by atoms with Crippen LogP contribution in [0.1, 0.15) is 88.2 Å². The highest BCUT2D eigenvalue weighted by atomic mass is 16.4. The number of carbonyl (C=O) groups is 3. The lowest BCUT2D eigenvalue weighted by Crippen LogP contribution is -2.79. The molecule has 8 nitrogen and oxygen atoms in total. The molecule has 2 saturated carbocycles. The zero-order valence-electron chi connectivity index (χ0n) is 23.2. The van der Waals surface area contributed by atoms with E-state index in [4.69, 9.17) is 5.73 Å². The third-order valence-electron chi connectivity index (χ3n) is 10.1. The summed E-state index contributed by atoms with van der Waals surface area (Å²) in [7, 11) is 0. The molecule has 3 aliphatic carbocycles. The van der Waals surface area contributed by atoms with Crippen LogP contribution in [0.5, 0.6) is 5.75 Å². The number of phenols is 1. The number of hydrogen-bond donors (Lipinski definition) is 5. The van der Waals surface area contributed by atoms with Crippen molar-refractivity contribution in [1.82, 2.24) is 0 Å². The highest BCUT2D eigenvalue weighted by Crippen LogP contribution is 2.65. The number of ketones is 2. The van der Waals surface area contributed by atoms with E-state index in [1.54, 1.807) is 6.92 Å². The first-order valence-electron chi connectivity index (χ1n) is 14.0. The maximum absolute atomic E-state index is 14.1. The van der Waals surface area contributed by atoms with Crippen LogP contribution in [0.2, 0.25) is 0 Å². The first-order valence-corrected chi connectivity index (χ1v) is 14.0. The summed E-state index contributed by atoms with van der Waals surface area (Å²) in [4.78, 5) is 40.1. The average molecular weight is 530 g/mol. The molecule has 1 amide bonds. The minimum atomic E-state index is -2.48. The Balaban J connectivity index is 1.87. The average Bonchev–Trinajstić information content (AvgIpc) is 2.79. The number of aliphatic hydroxyl groups is 3. The molecule has 8 atom stereocenters. The number of unbranched alkanes of at least 4 members (excludes halogenated alkanes) is 3. The Hall–Kier alpha value is -2.29. The molecule has 6 N–H and O–H groups in total. The van der Waals surface area contributed by atoms with Gasteiger partial charge in [0, 0.05) is 5.41 Å². The van der Waals surface area contributed by atoms with Crippen LogP contribution >= 0.6 is 0 Å². The molecule has 0 spiro atoms. The molecule has 1 aromatic carbocycles. The van der Waals surface area contributed by atoms with Crippen molar-refractivity contribution in [1.29, 1.82) is 0 Å². The Morgan fingerprint density at radius 3 is 2.37 bits per heavy atom. The molecule has 0 radical (unpaired) electrons. The van der Waals surface area contributed by atoms with Crippen LogP contribution in [-0.4, -0.2) is 55.7 Å². The summed E-state index contributed by atoms with van der Waals surface area (Å²) in [6, 6.07) is 3.36. The van der Waals surface area contributed by atoms with Crippen LogP contribution in [0.15, 0.2) is 12.1 Å². The molecule has 0 aliphatic heterocycles. The number of aromatic hydroxyl groups is 1. The lowest BCUT2D eigenvalue weighted by atomic mass is 9.39. The van der Waals surface area contributed by atoms with Crippen molar-refractivity contribution in [2.24, 2.45) is 40.2 Å². The summed E-state index contributed by atoms with van der Waals surface area (Å²) in [5, 5.41) is 45.9. The van der Waals surface area contributed by atoms with Crippen LogP contribution in [0, 0.1) is 34.5 Å². The lowest BCUT2D eigenvalue weighted by Gasteiger charge is -2.66. The molecule has 0 bridgehead atoms. The fraction of sp³-hybridized carbons (Fsp3) is 0.700. The third kappa shape index (κ3) is 3.86. The van der Waals surface area contributed by atoms with Crippen LogP contribution in [-0.2, 0) is 22.4 Å². The summed E-state index contributed by atoms with van der Waals surface area (Å²) in [6.07, 6.45) is 2.23. The van der Waals surface area contributed by atoms with E-state index in [0.29, 0.717) is 6.42 Å². The SMILES string of the molecule is CCCCCCc1ccc(O)c2c1C[C@]1(C)C[C@]3(C)[C@@H](C(C)C)C(O)[C@@H](C(N)=O)C(=O)[C@]3(O)C(O)[C@H]1C2=O. The van der Waals surface area contributed by atoms with Gasteiger partial charge in [-0.1, -0.05) is 59.9 Å². The maximum Gasteiger partial charge on any atom is 0.230 e. The number of aryl methyl sites for hydroxylation is 1. The third-order valence-corrected chi connectivity index (χ3v) is 10.1. The van der Waals surface area contributed by atoms with Gasteiger partial charge in [-0.05, 0) is 60.1 Å². The van der Waals surface area contributed by atoms with Crippen molar-refractivity contribution in [2.75, 3.05) is 0 Å². The van der Waals surface area contributed by atoms with Gasteiger partial charge < -0.3 is 26.2 Å². The van der Waals surface area contributed by atoms with Crippen molar-refractivity contribution in [3.05, 3.63) is 28.8 Å². The fourth-order valence-electron chi connectivity index (χ4n) is 8.57. The van der Waals surface area contributed by atoms with Gasteiger partial charge in [-0.3, -0.25) is 14.4 Å². The maximum atomic E-state index is 14.1. The molecule has 8 heteroatoms. The highest BCUT2D eigenvalue weighted by Gasteiger charge is 2.75. The number of aliphatic hydroxyl groups excluding tert-OH is 2. The second kappa shape index (κ2) is 9.72. The van der Waals surface area contributed by atoms with Crippen LogP contribution < -0.4 is 5.73 Å². The minimum absolute atomic E-state index is 0.141. The molecule has 0 aromatic heterocycles. The Bertz CT molecular complexity index is 1150. The number of Topliss-reactive ketones (excluding diaryl/α,β-unsaturated/α-hetero) is 2. The Morgan fingerprint density at radius 2 is 1.79 bits per heavy atom. The van der Waals surface area contributed by atoms with Gasteiger partial charge in [0.15, 0.2) is 17.2 Å². The molecular formula is C30H43NO7. The number of amides is 1. The van der Waals surface area contributed by atoms with Crippen molar-refractivity contribution >= 4 is 17.5 Å². The smallest absolute Gasteiger partial charge is 0.230 e. The van der Waals surface area contributed by atoms with E-state index in [1.165, 1.54) is 6.07 Å². The Morgan fingerprint density at radius 1 is 1.13 bits per heavy atom. The van der Waals surface area contributed by atoms with E-state index in [9.17, 15) is 34.8 Å². The van der Waals surface area contributed by atoms with Gasteiger partial charge in [-0.2, -0.15) is 0 Å². The number of fused-ring (bicyclic) bond motifs is 3. The zero-order chi connectivity index (χ0) is 28.4. The zero-order valence-corrected chi connectivity index (χ0v) is 23.2. The van der Waals surface area contributed by atoms with Gasteiger partial charge in [0.05, 0.1) is 17.6 Å². The number of primary amides is 1. The quantitative estimate of drug-likeness (QED) is 0.268. The largest absolute Gasteiger partial charge is 0.507 e. The minimum Gasteiger partial charge on any atom is -0.507 e. The standard InChI is InChI=1S/C30H43NO7/c1-6-7-8-9-10-16-11-12-18(32)19-17(16)13-28(4)14-29(5)21(15(2)3)24(34)20(27(31)37)25(35)30(29,38)26(36)22(28)23(19)33/h11-12,15,20-22,24,26,32,34,36,38H,6-10,13-14H2,1-5H3,(H2,31,37)/t20-,21+,22-,24?,26?,28-,29-,30+/m1/s1. The molecule has 4 rings (SSSR count). The first kappa shape index (κ1) is 28.7. The van der Waals surface area contributed by atoms with Gasteiger partial charge in [-0.15, -0.1) is 0 Å². The molecule has 3 aliphatic rings. The molecular weight excluding hydrogens is 486 g/mol. The molecule has 0 saturated heterocycles. The normalized spacial score (nSPS) is 38.5. The Labute approximate surface area is 224 Å². The summed E-state index contributed by atoms with van der Waals surface area (Å²) >= 11 is 0. The number of benzene rings is 1. The van der Waals surface area contributed by atoms with Crippen LogP contribution in [0.4, 0.5) is 0 Å². The van der Waals surface area contributed by atoms with E-state index in [-0.39, 0.29) is 23.7 Å². The number of carbonyl (C=O) groups excluding carboxylic acids is 3. The monoisotopic (exact) mass is 529 g/mol. The van der Waals surface area contributed by atoms with Crippen LogP contribution in [0.3, 0.4) is 0 Å². The summed E-state index contributed by atoms with van der Waals surface area (Å²) in [5.41, 5.74) is 2.69. The fourth-order valence-corrected chi connectivity index (χ4v) is 8.57. The molecule has 0 heterocycles. The second-order valence-corrected chi connectivity index (χ2v) is 12.9. The van der Waals surface area contributed by atoms with E-state index < -0.39 is 63.9 Å². The predicted octanol–water partition coefficient (Wildman–Crippen LogP) is 2.70. The number of phenolic OH excluding ortho intramolecular Hbond substituents is 1. The predicted molar refractivity (Wildman–Crippen MR) is 141 cm³/mol. The molecule has 2 fully saturated rings. The van der Waals surface area contributed by atoms with Gasteiger partial charge in [0.1, 0.15) is 17.8 Å². The highest BCUT2D eigenvalue weighted by molar-refractivity contribution is 6.09. The number of hydrogen-bond acceptors (Lipinski definition) is 7.